The fourth-order valence-electron chi connectivity index (χ4n) is 2.07. The van der Waals surface area contributed by atoms with Gasteiger partial charge >= 0.3 is 0 Å². The number of pyridine rings is 1. The van der Waals surface area contributed by atoms with Crippen molar-refractivity contribution in [3.8, 4) is 0 Å². The molecule has 0 spiro atoms. The van der Waals surface area contributed by atoms with Gasteiger partial charge in [0.05, 0.1) is 17.8 Å². The molecule has 0 amide bonds. The van der Waals surface area contributed by atoms with Gasteiger partial charge in [0.2, 0.25) is 0 Å². The highest BCUT2D eigenvalue weighted by Gasteiger charge is 2.08. The minimum absolute atomic E-state index is 0. The molecule has 0 bridgehead atoms. The Morgan fingerprint density at radius 2 is 1.80 bits per heavy atom. The molecule has 0 aliphatic rings. The van der Waals surface area contributed by atoms with Crippen molar-refractivity contribution in [1.82, 2.24) is 9.78 Å². The maximum Gasteiger partial charge on any atom is 0.168 e. The number of halogens is 3. The van der Waals surface area contributed by atoms with E-state index in [2.05, 4.69) is 15.3 Å². The summed E-state index contributed by atoms with van der Waals surface area (Å²) in [6.07, 6.45) is 5.51. The van der Waals surface area contributed by atoms with Gasteiger partial charge in [0.1, 0.15) is 24.2 Å². The first-order valence-electron chi connectivity index (χ1n) is 7.15. The van der Waals surface area contributed by atoms with Crippen LogP contribution < -0.4 is 22.7 Å². The quantitative estimate of drug-likeness (QED) is 0.528. The number of hydrogen-bond donors (Lipinski definition) is 1. The Hall–Kier alpha value is -2.15. The SMILES string of the molecule is C[n+]1ccc(Cn2ncc(N=Nc3cc(Cl)ccc3Cl)c2N)cc1.[Cl-]. The molecule has 0 radical (unpaired) electrons. The van der Waals surface area contributed by atoms with E-state index < -0.39 is 0 Å². The van der Waals surface area contributed by atoms with Crippen molar-refractivity contribution in [3.05, 3.63) is 64.5 Å². The van der Waals surface area contributed by atoms with Gasteiger partial charge in [-0.1, -0.05) is 23.2 Å². The van der Waals surface area contributed by atoms with E-state index in [0.29, 0.717) is 33.8 Å². The Morgan fingerprint density at radius 3 is 2.52 bits per heavy atom. The van der Waals surface area contributed by atoms with Gasteiger partial charge in [0, 0.05) is 17.2 Å². The Labute approximate surface area is 161 Å². The van der Waals surface area contributed by atoms with Crippen LogP contribution in [-0.2, 0) is 13.6 Å². The Balaban J connectivity index is 0.00000225. The molecule has 0 atom stereocenters. The van der Waals surface area contributed by atoms with Crippen molar-refractivity contribution >= 4 is 40.4 Å². The summed E-state index contributed by atoms with van der Waals surface area (Å²) in [5, 5.41) is 13.5. The number of nitrogens with zero attached hydrogens (tertiary/aromatic N) is 5. The molecule has 0 saturated carbocycles. The van der Waals surface area contributed by atoms with E-state index in [0.717, 1.165) is 5.56 Å². The summed E-state index contributed by atoms with van der Waals surface area (Å²) in [5.74, 6) is 0.435. The maximum atomic E-state index is 6.10. The largest absolute Gasteiger partial charge is 1.00 e. The molecule has 2 aromatic heterocycles. The van der Waals surface area contributed by atoms with E-state index in [1.54, 1.807) is 29.1 Å². The summed E-state index contributed by atoms with van der Waals surface area (Å²) < 4.78 is 3.63. The smallest absolute Gasteiger partial charge is 0.168 e. The third kappa shape index (κ3) is 4.69. The first kappa shape index (κ1) is 19.2. The van der Waals surface area contributed by atoms with Gasteiger partial charge < -0.3 is 18.1 Å². The average molecular weight is 398 g/mol. The molecule has 0 fully saturated rings. The fourth-order valence-corrected chi connectivity index (χ4v) is 2.39. The molecule has 0 aliphatic carbocycles. The number of hydrogen-bond acceptors (Lipinski definition) is 4. The second-order valence-corrected chi connectivity index (χ2v) is 6.08. The van der Waals surface area contributed by atoms with Gasteiger partial charge in [0.25, 0.3) is 0 Å². The highest BCUT2D eigenvalue weighted by molar-refractivity contribution is 6.35. The van der Waals surface area contributed by atoms with E-state index >= 15 is 0 Å². The molecule has 2 N–H and O–H groups in total. The first-order valence-corrected chi connectivity index (χ1v) is 7.91. The predicted octanol–water partition coefficient (Wildman–Crippen LogP) is 1.06. The molecule has 130 valence electrons. The summed E-state index contributed by atoms with van der Waals surface area (Å²) >= 11 is 12.0. The molecule has 3 aromatic rings. The van der Waals surface area contributed by atoms with Crippen LogP contribution in [0, 0.1) is 0 Å². The third-order valence-electron chi connectivity index (χ3n) is 3.41. The van der Waals surface area contributed by atoms with Gasteiger partial charge in [0.15, 0.2) is 12.4 Å². The molecule has 1 aromatic carbocycles. The summed E-state index contributed by atoms with van der Waals surface area (Å²) in [7, 11) is 1.96. The van der Waals surface area contributed by atoms with E-state index in [9.17, 15) is 0 Å². The van der Waals surface area contributed by atoms with Crippen LogP contribution in [-0.4, -0.2) is 9.78 Å². The number of rotatable bonds is 4. The average Bonchev–Trinajstić information content (AvgIpc) is 2.91. The molecule has 3 rings (SSSR count). The minimum atomic E-state index is 0. The predicted molar refractivity (Wildman–Crippen MR) is 94.0 cm³/mol. The monoisotopic (exact) mass is 396 g/mol. The number of benzene rings is 1. The number of nitrogens with two attached hydrogens (primary N) is 1. The number of aryl methyl sites for hydroxylation is 1. The van der Waals surface area contributed by atoms with Crippen LogP contribution >= 0.6 is 23.2 Å². The topological polar surface area (TPSA) is 72.4 Å². The Morgan fingerprint density at radius 1 is 1.12 bits per heavy atom. The summed E-state index contributed by atoms with van der Waals surface area (Å²) in [5.41, 5.74) is 8.14. The zero-order valence-electron chi connectivity index (χ0n) is 13.3. The number of azo groups is 1. The summed E-state index contributed by atoms with van der Waals surface area (Å²) in [4.78, 5) is 0. The lowest BCUT2D eigenvalue weighted by molar-refractivity contribution is -0.671. The van der Waals surface area contributed by atoms with Crippen molar-refractivity contribution in [2.45, 2.75) is 6.54 Å². The van der Waals surface area contributed by atoms with Crippen LogP contribution in [0.15, 0.2) is 59.2 Å². The molecule has 25 heavy (non-hydrogen) atoms. The van der Waals surface area contributed by atoms with E-state index in [1.165, 1.54) is 0 Å². The fraction of sp³-hybridized carbons (Fsp3) is 0.125. The van der Waals surface area contributed by atoms with Gasteiger partial charge in [-0.25, -0.2) is 9.25 Å². The summed E-state index contributed by atoms with van der Waals surface area (Å²) in [6.45, 7) is 0.556. The lowest BCUT2D eigenvalue weighted by Crippen LogP contribution is -3.00. The van der Waals surface area contributed by atoms with Crippen LogP contribution in [0.3, 0.4) is 0 Å². The summed E-state index contributed by atoms with van der Waals surface area (Å²) in [6, 6.07) is 9.01. The second-order valence-electron chi connectivity index (χ2n) is 5.24. The number of anilines is 1. The lowest BCUT2D eigenvalue weighted by atomic mass is 10.3. The zero-order valence-corrected chi connectivity index (χ0v) is 15.5. The molecule has 0 unspecified atom stereocenters. The molecular formula is C16H15Cl3N6. The first-order chi connectivity index (χ1) is 11.5. The van der Waals surface area contributed by atoms with Crippen LogP contribution in [0.25, 0.3) is 0 Å². The van der Waals surface area contributed by atoms with Gasteiger partial charge in [-0.15, -0.1) is 10.2 Å². The number of nitrogen functional groups attached to an aromatic ring is 1. The van der Waals surface area contributed by atoms with Crippen molar-refractivity contribution in [3.63, 3.8) is 0 Å². The van der Waals surface area contributed by atoms with E-state index in [-0.39, 0.29) is 12.4 Å². The molecule has 0 saturated heterocycles. The Bertz CT molecular complexity index is 889. The van der Waals surface area contributed by atoms with Crippen LogP contribution in [0.1, 0.15) is 5.56 Å². The second kappa shape index (κ2) is 8.29. The maximum absolute atomic E-state index is 6.10. The Kier molecular flexibility index (Phi) is 6.36. The van der Waals surface area contributed by atoms with Gasteiger partial charge in [-0.3, -0.25) is 0 Å². The standard InChI is InChI=1S/C16H15Cl2N6.ClH/c1-23-6-4-11(5-7-23)10-24-16(19)15(9-20-24)22-21-14-8-12(17)2-3-13(14)18;/h2-9H,10,19H2,1H3;1H/q+1;/p-1. The van der Waals surface area contributed by atoms with Crippen LogP contribution in [0.4, 0.5) is 17.2 Å². The van der Waals surface area contributed by atoms with Gasteiger partial charge in [-0.05, 0) is 23.8 Å². The van der Waals surface area contributed by atoms with E-state index in [4.69, 9.17) is 28.9 Å². The van der Waals surface area contributed by atoms with Crippen molar-refractivity contribution < 1.29 is 17.0 Å². The van der Waals surface area contributed by atoms with Crippen LogP contribution in [0.2, 0.25) is 10.0 Å². The van der Waals surface area contributed by atoms with E-state index in [1.807, 2.05) is 36.1 Å². The van der Waals surface area contributed by atoms with Crippen LogP contribution in [0.5, 0.6) is 0 Å². The van der Waals surface area contributed by atoms with Crippen molar-refractivity contribution in [2.24, 2.45) is 17.3 Å². The molecule has 0 aliphatic heterocycles. The highest BCUT2D eigenvalue weighted by Crippen LogP contribution is 2.31. The van der Waals surface area contributed by atoms with Gasteiger partial charge in [-0.2, -0.15) is 5.10 Å². The lowest BCUT2D eigenvalue weighted by Gasteiger charge is -2.03. The normalized spacial score (nSPS) is 10.8. The minimum Gasteiger partial charge on any atom is -1.00 e. The number of aromatic nitrogens is 3. The molecule has 2 heterocycles. The van der Waals surface area contributed by atoms with Crippen molar-refractivity contribution in [1.29, 1.82) is 0 Å². The molecule has 9 heteroatoms. The highest BCUT2D eigenvalue weighted by atomic mass is 35.5. The zero-order chi connectivity index (χ0) is 17.1. The molecular weight excluding hydrogens is 383 g/mol. The van der Waals surface area contributed by atoms with Crippen molar-refractivity contribution in [2.75, 3.05) is 5.73 Å². The molecule has 6 nitrogen and oxygen atoms in total. The third-order valence-corrected chi connectivity index (χ3v) is 3.97.